The van der Waals surface area contributed by atoms with Crippen LogP contribution in [-0.4, -0.2) is 5.78 Å². The molecule has 0 aromatic heterocycles. The van der Waals surface area contributed by atoms with E-state index < -0.39 is 0 Å². The highest BCUT2D eigenvalue weighted by atomic mass is 16.1. The third-order valence-electron chi connectivity index (χ3n) is 4.62. The van der Waals surface area contributed by atoms with Crippen molar-refractivity contribution in [2.75, 3.05) is 0 Å². The second kappa shape index (κ2) is 3.77. The average molecular weight is 206 g/mol. The fraction of sp³-hybridized carbons (Fsp3) is 0.786. The molecule has 2 rings (SSSR count). The highest BCUT2D eigenvalue weighted by molar-refractivity contribution is 5.91. The molecule has 0 aliphatic heterocycles. The van der Waals surface area contributed by atoms with E-state index in [0.29, 0.717) is 11.7 Å². The molecule has 0 bridgehead atoms. The minimum atomic E-state index is 0.258. The Hall–Kier alpha value is -0.590. The van der Waals surface area contributed by atoms with E-state index in [-0.39, 0.29) is 5.41 Å². The first-order valence-electron chi connectivity index (χ1n) is 6.30. The normalized spacial score (nSPS) is 34.6. The standard InChI is InChI=1S/C14H22O/c1-4-11-7-5-10-6-8-12(15)9-13(10)14(11,2)3/h9-11H,4-8H2,1-3H3/t10-,11+/m0/s1. The molecule has 1 saturated carbocycles. The molecule has 1 fully saturated rings. The highest BCUT2D eigenvalue weighted by Gasteiger charge is 2.41. The Morgan fingerprint density at radius 2 is 2.07 bits per heavy atom. The fourth-order valence-corrected chi connectivity index (χ4v) is 3.56. The first-order chi connectivity index (χ1) is 7.05. The largest absolute Gasteiger partial charge is 0.295 e. The van der Waals surface area contributed by atoms with Gasteiger partial charge in [-0.2, -0.15) is 0 Å². The van der Waals surface area contributed by atoms with E-state index in [9.17, 15) is 4.79 Å². The summed E-state index contributed by atoms with van der Waals surface area (Å²) in [6.45, 7) is 6.94. The number of fused-ring (bicyclic) bond motifs is 1. The predicted molar refractivity (Wildman–Crippen MR) is 62.6 cm³/mol. The van der Waals surface area contributed by atoms with Crippen LogP contribution in [0.1, 0.15) is 52.9 Å². The Labute approximate surface area is 92.9 Å². The van der Waals surface area contributed by atoms with E-state index in [2.05, 4.69) is 20.8 Å². The van der Waals surface area contributed by atoms with Gasteiger partial charge in [0.1, 0.15) is 0 Å². The van der Waals surface area contributed by atoms with Crippen molar-refractivity contribution in [1.82, 2.24) is 0 Å². The van der Waals surface area contributed by atoms with Gasteiger partial charge in [0.25, 0.3) is 0 Å². The van der Waals surface area contributed by atoms with Crippen LogP contribution in [0.2, 0.25) is 0 Å². The van der Waals surface area contributed by atoms with Crippen LogP contribution < -0.4 is 0 Å². The van der Waals surface area contributed by atoms with Crippen molar-refractivity contribution < 1.29 is 4.79 Å². The molecular formula is C14H22O. The summed E-state index contributed by atoms with van der Waals surface area (Å²) >= 11 is 0. The van der Waals surface area contributed by atoms with Crippen LogP contribution in [0.25, 0.3) is 0 Å². The van der Waals surface area contributed by atoms with Gasteiger partial charge < -0.3 is 0 Å². The van der Waals surface area contributed by atoms with E-state index in [1.165, 1.54) is 24.8 Å². The van der Waals surface area contributed by atoms with Crippen molar-refractivity contribution in [3.63, 3.8) is 0 Å². The zero-order valence-electron chi connectivity index (χ0n) is 10.2. The Morgan fingerprint density at radius 3 is 2.73 bits per heavy atom. The third kappa shape index (κ3) is 1.77. The van der Waals surface area contributed by atoms with Crippen LogP contribution in [0.5, 0.6) is 0 Å². The molecule has 0 N–H and O–H groups in total. The van der Waals surface area contributed by atoms with E-state index in [1.54, 1.807) is 0 Å². The first kappa shape index (κ1) is 10.9. The van der Waals surface area contributed by atoms with E-state index in [1.807, 2.05) is 6.08 Å². The summed E-state index contributed by atoms with van der Waals surface area (Å²) in [4.78, 5) is 11.5. The lowest BCUT2D eigenvalue weighted by Crippen LogP contribution is -2.36. The van der Waals surface area contributed by atoms with Crippen molar-refractivity contribution in [3.8, 4) is 0 Å². The second-order valence-corrected chi connectivity index (χ2v) is 5.71. The number of carbonyl (C=O) groups excluding carboxylic acids is 1. The molecule has 0 aromatic rings. The molecule has 84 valence electrons. The molecule has 0 radical (unpaired) electrons. The molecule has 1 heteroatoms. The maximum Gasteiger partial charge on any atom is 0.155 e. The lowest BCUT2D eigenvalue weighted by Gasteiger charge is -2.46. The van der Waals surface area contributed by atoms with Gasteiger partial charge in [0.15, 0.2) is 5.78 Å². The maximum absolute atomic E-state index is 11.5. The molecule has 2 atom stereocenters. The minimum Gasteiger partial charge on any atom is -0.295 e. The Morgan fingerprint density at radius 1 is 1.33 bits per heavy atom. The summed E-state index contributed by atoms with van der Waals surface area (Å²) in [5.41, 5.74) is 1.71. The topological polar surface area (TPSA) is 17.1 Å². The molecule has 2 aliphatic carbocycles. The summed E-state index contributed by atoms with van der Waals surface area (Å²) in [5.74, 6) is 1.83. The minimum absolute atomic E-state index is 0.258. The van der Waals surface area contributed by atoms with Crippen molar-refractivity contribution >= 4 is 5.78 Å². The molecule has 0 spiro atoms. The monoisotopic (exact) mass is 206 g/mol. The van der Waals surface area contributed by atoms with E-state index in [4.69, 9.17) is 0 Å². The molecular weight excluding hydrogens is 184 g/mol. The Balaban J connectivity index is 2.33. The van der Waals surface area contributed by atoms with Gasteiger partial charge in [0.2, 0.25) is 0 Å². The summed E-state index contributed by atoms with van der Waals surface area (Å²) in [7, 11) is 0. The van der Waals surface area contributed by atoms with Crippen molar-refractivity contribution in [2.45, 2.75) is 52.9 Å². The van der Waals surface area contributed by atoms with E-state index in [0.717, 1.165) is 18.8 Å². The molecule has 0 aromatic carbocycles. The zero-order valence-corrected chi connectivity index (χ0v) is 10.2. The lowest BCUT2D eigenvalue weighted by molar-refractivity contribution is -0.115. The second-order valence-electron chi connectivity index (χ2n) is 5.71. The van der Waals surface area contributed by atoms with Crippen molar-refractivity contribution in [3.05, 3.63) is 11.6 Å². The van der Waals surface area contributed by atoms with Gasteiger partial charge in [0.05, 0.1) is 0 Å². The third-order valence-corrected chi connectivity index (χ3v) is 4.62. The number of ketones is 1. The fourth-order valence-electron chi connectivity index (χ4n) is 3.56. The zero-order chi connectivity index (χ0) is 11.1. The Kier molecular flexibility index (Phi) is 2.74. The smallest absolute Gasteiger partial charge is 0.155 e. The van der Waals surface area contributed by atoms with Crippen LogP contribution in [0.3, 0.4) is 0 Å². The molecule has 0 heterocycles. The first-order valence-corrected chi connectivity index (χ1v) is 6.30. The molecule has 2 aliphatic rings. The summed E-state index contributed by atoms with van der Waals surface area (Å²) in [6, 6.07) is 0. The van der Waals surface area contributed by atoms with Gasteiger partial charge in [-0.25, -0.2) is 0 Å². The highest BCUT2D eigenvalue weighted by Crippen LogP contribution is 2.51. The predicted octanol–water partition coefficient (Wildman–Crippen LogP) is 3.74. The number of hydrogen-bond donors (Lipinski definition) is 0. The van der Waals surface area contributed by atoms with E-state index >= 15 is 0 Å². The van der Waals surface area contributed by atoms with Gasteiger partial charge in [-0.1, -0.05) is 32.8 Å². The van der Waals surface area contributed by atoms with Gasteiger partial charge in [0, 0.05) is 6.42 Å². The van der Waals surface area contributed by atoms with Gasteiger partial charge in [-0.05, 0) is 42.6 Å². The molecule has 0 amide bonds. The molecule has 1 nitrogen and oxygen atoms in total. The average Bonchev–Trinajstić information content (AvgIpc) is 2.19. The number of allylic oxidation sites excluding steroid dienone is 2. The van der Waals surface area contributed by atoms with Crippen LogP contribution in [0.15, 0.2) is 11.6 Å². The quantitative estimate of drug-likeness (QED) is 0.638. The molecule has 0 unspecified atom stereocenters. The summed E-state index contributed by atoms with van der Waals surface area (Å²) in [6.07, 6.45) is 7.74. The van der Waals surface area contributed by atoms with Crippen LogP contribution in [-0.2, 0) is 4.79 Å². The number of hydrogen-bond acceptors (Lipinski definition) is 1. The van der Waals surface area contributed by atoms with Gasteiger partial charge in [-0.3, -0.25) is 4.79 Å². The molecule has 0 saturated heterocycles. The maximum atomic E-state index is 11.5. The SMILES string of the molecule is CC[C@@H]1CC[C@H]2CCC(=O)C=C2C1(C)C. The summed E-state index contributed by atoms with van der Waals surface area (Å²) in [5, 5.41) is 0. The van der Waals surface area contributed by atoms with Crippen LogP contribution >= 0.6 is 0 Å². The Bertz CT molecular complexity index is 298. The molecule has 15 heavy (non-hydrogen) atoms. The van der Waals surface area contributed by atoms with Gasteiger partial charge in [-0.15, -0.1) is 0 Å². The summed E-state index contributed by atoms with van der Waals surface area (Å²) < 4.78 is 0. The van der Waals surface area contributed by atoms with Crippen molar-refractivity contribution in [2.24, 2.45) is 17.3 Å². The lowest BCUT2D eigenvalue weighted by atomic mass is 9.59. The van der Waals surface area contributed by atoms with Crippen LogP contribution in [0.4, 0.5) is 0 Å². The van der Waals surface area contributed by atoms with Crippen LogP contribution in [0, 0.1) is 17.3 Å². The van der Waals surface area contributed by atoms with Gasteiger partial charge >= 0.3 is 0 Å². The number of rotatable bonds is 1. The number of carbonyl (C=O) groups is 1. The van der Waals surface area contributed by atoms with Crippen molar-refractivity contribution in [1.29, 1.82) is 0 Å².